The predicted octanol–water partition coefficient (Wildman–Crippen LogP) is 4.69. The van der Waals surface area contributed by atoms with Crippen LogP contribution in [0, 0.1) is 13.8 Å². The van der Waals surface area contributed by atoms with Crippen molar-refractivity contribution in [2.24, 2.45) is 0 Å². The van der Waals surface area contributed by atoms with Crippen molar-refractivity contribution in [1.82, 2.24) is 9.78 Å². The fourth-order valence-corrected chi connectivity index (χ4v) is 3.42. The molecule has 0 radical (unpaired) electrons. The second-order valence-corrected chi connectivity index (χ2v) is 6.85. The highest BCUT2D eigenvalue weighted by molar-refractivity contribution is 6.36. The van der Waals surface area contributed by atoms with Gasteiger partial charge in [-0.2, -0.15) is 5.10 Å². The van der Waals surface area contributed by atoms with Crippen molar-refractivity contribution in [1.29, 1.82) is 0 Å². The summed E-state index contributed by atoms with van der Waals surface area (Å²) in [5, 5.41) is 7.98. The SMILES string of the molecule is Cc1ccc(Cn2nc(C)c(/C=C3/C(=O)Nc4ccccc43)c2Cl)cc1. The van der Waals surface area contributed by atoms with Crippen molar-refractivity contribution in [2.45, 2.75) is 20.4 Å². The Kier molecular flexibility index (Phi) is 4.13. The molecule has 1 amide bonds. The molecule has 26 heavy (non-hydrogen) atoms. The Morgan fingerprint density at radius 3 is 2.62 bits per heavy atom. The summed E-state index contributed by atoms with van der Waals surface area (Å²) in [7, 11) is 0. The maximum absolute atomic E-state index is 12.3. The molecule has 2 heterocycles. The normalized spacial score (nSPS) is 14.6. The number of para-hydroxylation sites is 1. The largest absolute Gasteiger partial charge is 0.321 e. The first-order valence-electron chi connectivity index (χ1n) is 8.44. The van der Waals surface area contributed by atoms with Crippen LogP contribution in [-0.2, 0) is 11.3 Å². The van der Waals surface area contributed by atoms with Crippen molar-refractivity contribution in [3.63, 3.8) is 0 Å². The molecule has 1 N–H and O–H groups in total. The quantitative estimate of drug-likeness (QED) is 0.686. The van der Waals surface area contributed by atoms with E-state index >= 15 is 0 Å². The molecular weight excluding hydrogens is 346 g/mol. The van der Waals surface area contributed by atoms with E-state index in [1.54, 1.807) is 4.68 Å². The predicted molar refractivity (Wildman–Crippen MR) is 105 cm³/mol. The van der Waals surface area contributed by atoms with Crippen LogP contribution in [0.25, 0.3) is 11.6 Å². The van der Waals surface area contributed by atoms with Gasteiger partial charge >= 0.3 is 0 Å². The fraction of sp³-hybridized carbons (Fsp3) is 0.143. The Balaban J connectivity index is 1.71. The van der Waals surface area contributed by atoms with E-state index in [1.165, 1.54) is 5.56 Å². The number of benzene rings is 2. The summed E-state index contributed by atoms with van der Waals surface area (Å²) >= 11 is 6.59. The molecule has 1 aliphatic rings. The number of hydrogen-bond donors (Lipinski definition) is 1. The molecule has 0 atom stereocenters. The number of hydrogen-bond acceptors (Lipinski definition) is 2. The highest BCUT2D eigenvalue weighted by atomic mass is 35.5. The zero-order valence-electron chi connectivity index (χ0n) is 14.6. The van der Waals surface area contributed by atoms with Crippen molar-refractivity contribution in [2.75, 3.05) is 5.32 Å². The van der Waals surface area contributed by atoms with Gasteiger partial charge in [-0.05, 0) is 31.6 Å². The minimum absolute atomic E-state index is 0.118. The van der Waals surface area contributed by atoms with Crippen LogP contribution in [0.5, 0.6) is 0 Å². The first-order chi connectivity index (χ1) is 12.5. The minimum atomic E-state index is -0.118. The Morgan fingerprint density at radius 1 is 1.12 bits per heavy atom. The molecule has 2 aromatic carbocycles. The Bertz CT molecular complexity index is 1030. The smallest absolute Gasteiger partial charge is 0.256 e. The number of carbonyl (C=O) groups is 1. The number of carbonyl (C=O) groups excluding carboxylic acids is 1. The molecule has 3 aromatic rings. The van der Waals surface area contributed by atoms with Crippen LogP contribution in [0.3, 0.4) is 0 Å². The van der Waals surface area contributed by atoms with Crippen LogP contribution in [0.2, 0.25) is 5.15 Å². The Morgan fingerprint density at radius 2 is 1.85 bits per heavy atom. The monoisotopic (exact) mass is 363 g/mol. The lowest BCUT2D eigenvalue weighted by molar-refractivity contribution is -0.110. The van der Waals surface area contributed by atoms with Gasteiger partial charge in [0, 0.05) is 22.4 Å². The highest BCUT2D eigenvalue weighted by Crippen LogP contribution is 2.34. The summed E-state index contributed by atoms with van der Waals surface area (Å²) in [6.07, 6.45) is 1.83. The zero-order valence-corrected chi connectivity index (χ0v) is 15.3. The lowest BCUT2D eigenvalue weighted by atomic mass is 10.0. The summed E-state index contributed by atoms with van der Waals surface area (Å²) in [5.74, 6) is -0.118. The van der Waals surface area contributed by atoms with E-state index in [0.29, 0.717) is 17.3 Å². The molecule has 4 nitrogen and oxygen atoms in total. The van der Waals surface area contributed by atoms with E-state index in [0.717, 1.165) is 28.1 Å². The van der Waals surface area contributed by atoms with E-state index in [4.69, 9.17) is 11.6 Å². The minimum Gasteiger partial charge on any atom is -0.321 e. The molecule has 0 aliphatic carbocycles. The third-order valence-corrected chi connectivity index (χ3v) is 4.96. The van der Waals surface area contributed by atoms with Crippen LogP contribution in [0.1, 0.15) is 27.9 Å². The average Bonchev–Trinajstić information content (AvgIpc) is 3.08. The number of anilines is 1. The number of halogens is 1. The number of nitrogens with zero attached hydrogens (tertiary/aromatic N) is 2. The summed E-state index contributed by atoms with van der Waals surface area (Å²) in [6, 6.07) is 15.9. The van der Waals surface area contributed by atoms with Crippen molar-refractivity contribution < 1.29 is 4.79 Å². The van der Waals surface area contributed by atoms with Crippen LogP contribution in [-0.4, -0.2) is 15.7 Å². The van der Waals surface area contributed by atoms with Crippen LogP contribution in [0.4, 0.5) is 5.69 Å². The van der Waals surface area contributed by atoms with Gasteiger partial charge in [-0.25, -0.2) is 4.68 Å². The van der Waals surface area contributed by atoms with E-state index < -0.39 is 0 Å². The van der Waals surface area contributed by atoms with Crippen LogP contribution >= 0.6 is 11.6 Å². The lowest BCUT2D eigenvalue weighted by Crippen LogP contribution is -2.03. The van der Waals surface area contributed by atoms with Gasteiger partial charge in [0.15, 0.2) is 0 Å². The van der Waals surface area contributed by atoms with E-state index in [-0.39, 0.29) is 5.91 Å². The number of fused-ring (bicyclic) bond motifs is 1. The van der Waals surface area contributed by atoms with Gasteiger partial charge in [0.05, 0.1) is 12.2 Å². The molecule has 0 saturated carbocycles. The van der Waals surface area contributed by atoms with Crippen molar-refractivity contribution >= 4 is 34.8 Å². The fourth-order valence-electron chi connectivity index (χ4n) is 3.13. The van der Waals surface area contributed by atoms with Crippen molar-refractivity contribution in [3.05, 3.63) is 81.6 Å². The Labute approximate surface area is 157 Å². The number of aromatic nitrogens is 2. The maximum Gasteiger partial charge on any atom is 0.256 e. The number of aryl methyl sites for hydroxylation is 2. The van der Waals surface area contributed by atoms with Crippen LogP contribution in [0.15, 0.2) is 48.5 Å². The van der Waals surface area contributed by atoms with Gasteiger partial charge in [0.1, 0.15) is 5.15 Å². The average molecular weight is 364 g/mol. The zero-order chi connectivity index (χ0) is 18.3. The Hall–Kier alpha value is -2.85. The van der Waals surface area contributed by atoms with Gasteiger partial charge < -0.3 is 5.32 Å². The van der Waals surface area contributed by atoms with E-state index in [9.17, 15) is 4.79 Å². The lowest BCUT2D eigenvalue weighted by Gasteiger charge is -2.04. The van der Waals surface area contributed by atoms with Gasteiger partial charge in [0.25, 0.3) is 5.91 Å². The number of rotatable bonds is 3. The molecule has 1 aromatic heterocycles. The topological polar surface area (TPSA) is 46.9 Å². The molecule has 0 bridgehead atoms. The molecule has 0 saturated heterocycles. The van der Waals surface area contributed by atoms with Gasteiger partial charge in [-0.15, -0.1) is 0 Å². The second kappa shape index (κ2) is 6.46. The highest BCUT2D eigenvalue weighted by Gasteiger charge is 2.24. The molecule has 130 valence electrons. The van der Waals surface area contributed by atoms with Gasteiger partial charge in [-0.3, -0.25) is 4.79 Å². The molecule has 0 fully saturated rings. The van der Waals surface area contributed by atoms with E-state index in [2.05, 4.69) is 41.6 Å². The first-order valence-corrected chi connectivity index (χ1v) is 8.81. The van der Waals surface area contributed by atoms with Crippen molar-refractivity contribution in [3.8, 4) is 0 Å². The maximum atomic E-state index is 12.3. The van der Waals surface area contributed by atoms with Crippen LogP contribution < -0.4 is 5.32 Å². The molecule has 4 rings (SSSR count). The summed E-state index contributed by atoms with van der Waals surface area (Å²) < 4.78 is 1.77. The number of amides is 1. The van der Waals surface area contributed by atoms with Gasteiger partial charge in [0.2, 0.25) is 0 Å². The first kappa shape index (κ1) is 16.6. The summed E-state index contributed by atoms with van der Waals surface area (Å²) in [6.45, 7) is 4.55. The molecule has 0 spiro atoms. The molecule has 1 aliphatic heterocycles. The van der Waals surface area contributed by atoms with Gasteiger partial charge in [-0.1, -0.05) is 59.6 Å². The standard InChI is InChI=1S/C21H18ClN3O/c1-13-7-9-15(10-8-13)12-25-20(22)17(14(2)24-25)11-18-16-5-3-4-6-19(16)23-21(18)26/h3-11H,12H2,1-2H3,(H,23,26)/b18-11+. The molecular formula is C21H18ClN3O. The second-order valence-electron chi connectivity index (χ2n) is 6.49. The summed E-state index contributed by atoms with van der Waals surface area (Å²) in [4.78, 5) is 12.3. The summed E-state index contributed by atoms with van der Waals surface area (Å²) in [5.41, 5.74) is 6.24. The third-order valence-electron chi connectivity index (χ3n) is 4.56. The van der Waals surface area contributed by atoms with E-state index in [1.807, 2.05) is 37.3 Å². The molecule has 5 heteroatoms. The molecule has 0 unspecified atom stereocenters. The number of nitrogens with one attached hydrogen (secondary N) is 1. The third kappa shape index (κ3) is 2.93.